The molecule has 0 saturated carbocycles. The van der Waals surface area contributed by atoms with Crippen LogP contribution in [0.3, 0.4) is 0 Å². The quantitative estimate of drug-likeness (QED) is 0.742. The molecule has 0 aliphatic carbocycles. The zero-order chi connectivity index (χ0) is 12.6. The molecule has 1 unspecified atom stereocenters. The van der Waals surface area contributed by atoms with Gasteiger partial charge in [0.1, 0.15) is 5.75 Å². The molecule has 1 aliphatic rings. The van der Waals surface area contributed by atoms with Crippen molar-refractivity contribution in [3.63, 3.8) is 0 Å². The molecule has 2 rings (SSSR count). The largest absolute Gasteiger partial charge is 0.494 e. The van der Waals surface area contributed by atoms with Crippen LogP contribution in [0.25, 0.3) is 0 Å². The fourth-order valence-corrected chi connectivity index (χ4v) is 1.98. The Balaban J connectivity index is 1.62. The van der Waals surface area contributed by atoms with Gasteiger partial charge in [-0.1, -0.05) is 18.2 Å². The molecule has 1 aliphatic heterocycles. The van der Waals surface area contributed by atoms with E-state index in [0.29, 0.717) is 19.8 Å². The van der Waals surface area contributed by atoms with Crippen LogP contribution in [0, 0.1) is 11.3 Å². The predicted molar refractivity (Wildman–Crippen MR) is 68.3 cm³/mol. The van der Waals surface area contributed by atoms with Crippen molar-refractivity contribution >= 4 is 0 Å². The molecule has 1 aromatic carbocycles. The molecule has 1 heterocycles. The van der Waals surface area contributed by atoms with Gasteiger partial charge in [-0.05, 0) is 18.6 Å². The average molecular weight is 246 g/mol. The van der Waals surface area contributed by atoms with E-state index in [-0.39, 0.29) is 6.10 Å². The molecule has 1 aromatic rings. The Kier molecular flexibility index (Phi) is 5.00. The van der Waals surface area contributed by atoms with Gasteiger partial charge in [0.2, 0.25) is 0 Å². The average Bonchev–Trinajstić information content (AvgIpc) is 2.45. The van der Waals surface area contributed by atoms with E-state index in [0.717, 1.165) is 25.3 Å². The van der Waals surface area contributed by atoms with Gasteiger partial charge in [-0.15, -0.1) is 0 Å². The van der Waals surface area contributed by atoms with Crippen molar-refractivity contribution in [3.8, 4) is 11.8 Å². The Morgan fingerprint density at radius 3 is 3.00 bits per heavy atom. The first-order chi connectivity index (χ1) is 8.88. The Morgan fingerprint density at radius 2 is 2.22 bits per heavy atom. The molecule has 0 spiro atoms. The topological polar surface area (TPSA) is 45.5 Å². The van der Waals surface area contributed by atoms with Crippen LogP contribution < -0.4 is 4.74 Å². The Bertz CT molecular complexity index is 389. The minimum absolute atomic E-state index is 0.270. The summed E-state index contributed by atoms with van der Waals surface area (Å²) in [6.45, 7) is 3.93. The third-order valence-corrected chi connectivity index (χ3v) is 2.93. The number of hydrogen-bond donors (Lipinski definition) is 0. The monoisotopic (exact) mass is 246 g/mol. The maximum Gasteiger partial charge on any atom is 0.156 e. The first-order valence-corrected chi connectivity index (χ1v) is 6.30. The molecule has 1 atom stereocenters. The summed E-state index contributed by atoms with van der Waals surface area (Å²) in [6.07, 6.45) is 0.696. The highest BCUT2D eigenvalue weighted by Gasteiger charge is 2.18. The molecule has 0 N–H and O–H groups in total. The molecule has 18 heavy (non-hydrogen) atoms. The zero-order valence-electron chi connectivity index (χ0n) is 10.4. The van der Waals surface area contributed by atoms with Gasteiger partial charge in [0.25, 0.3) is 0 Å². The van der Waals surface area contributed by atoms with Crippen molar-refractivity contribution in [2.75, 3.05) is 32.8 Å². The lowest BCUT2D eigenvalue weighted by Gasteiger charge is -2.29. The number of ether oxygens (including phenoxy) is 2. The molecule has 0 amide bonds. The summed E-state index contributed by atoms with van der Waals surface area (Å²) in [6, 6.07) is 12.0. The van der Waals surface area contributed by atoms with Crippen molar-refractivity contribution in [3.05, 3.63) is 30.3 Å². The number of para-hydroxylation sites is 1. The van der Waals surface area contributed by atoms with Gasteiger partial charge in [-0.2, -0.15) is 5.26 Å². The third-order valence-electron chi connectivity index (χ3n) is 2.93. The molecule has 4 heteroatoms. The molecule has 0 radical (unpaired) electrons. The Labute approximate surface area is 108 Å². The van der Waals surface area contributed by atoms with Gasteiger partial charge in [0, 0.05) is 19.6 Å². The van der Waals surface area contributed by atoms with Crippen LogP contribution in [0.2, 0.25) is 0 Å². The number of hydrogen-bond acceptors (Lipinski definition) is 4. The van der Waals surface area contributed by atoms with E-state index in [4.69, 9.17) is 14.7 Å². The van der Waals surface area contributed by atoms with E-state index >= 15 is 0 Å². The molecule has 96 valence electrons. The summed E-state index contributed by atoms with van der Waals surface area (Å²) < 4.78 is 10.9. The minimum Gasteiger partial charge on any atom is -0.494 e. The standard InChI is InChI=1S/C14H18N2O2/c15-11-14-12-16(8-10-18-14)7-4-9-17-13-5-2-1-3-6-13/h1-3,5-6,14H,4,7-10,12H2. The first-order valence-electron chi connectivity index (χ1n) is 6.30. The minimum atomic E-state index is -0.270. The van der Waals surface area contributed by atoms with Gasteiger partial charge in [0.05, 0.1) is 19.3 Å². The second kappa shape index (κ2) is 7.00. The highest BCUT2D eigenvalue weighted by molar-refractivity contribution is 5.20. The van der Waals surface area contributed by atoms with Crippen molar-refractivity contribution in [2.45, 2.75) is 12.5 Å². The number of morpholine rings is 1. The fourth-order valence-electron chi connectivity index (χ4n) is 1.98. The second-order valence-electron chi connectivity index (χ2n) is 4.30. The highest BCUT2D eigenvalue weighted by Crippen LogP contribution is 2.09. The van der Waals surface area contributed by atoms with Crippen molar-refractivity contribution < 1.29 is 9.47 Å². The van der Waals surface area contributed by atoms with Crippen LogP contribution in [0.5, 0.6) is 5.75 Å². The molecule has 0 aromatic heterocycles. The van der Waals surface area contributed by atoms with Crippen molar-refractivity contribution in [1.82, 2.24) is 4.90 Å². The molecule has 1 saturated heterocycles. The predicted octanol–water partition coefficient (Wildman–Crippen LogP) is 1.68. The summed E-state index contributed by atoms with van der Waals surface area (Å²) in [7, 11) is 0. The SMILES string of the molecule is N#CC1CN(CCCOc2ccccc2)CCO1. The summed E-state index contributed by atoms with van der Waals surface area (Å²) in [5.74, 6) is 0.911. The van der Waals surface area contributed by atoms with E-state index in [1.807, 2.05) is 30.3 Å². The van der Waals surface area contributed by atoms with E-state index in [1.54, 1.807) is 0 Å². The Morgan fingerprint density at radius 1 is 1.39 bits per heavy atom. The summed E-state index contributed by atoms with van der Waals surface area (Å²) >= 11 is 0. The van der Waals surface area contributed by atoms with Gasteiger partial charge in [-0.25, -0.2) is 0 Å². The maximum absolute atomic E-state index is 8.80. The van der Waals surface area contributed by atoms with Gasteiger partial charge < -0.3 is 9.47 Å². The fraction of sp³-hybridized carbons (Fsp3) is 0.500. The van der Waals surface area contributed by atoms with Crippen LogP contribution in [0.1, 0.15) is 6.42 Å². The first kappa shape index (κ1) is 12.9. The van der Waals surface area contributed by atoms with Gasteiger partial charge in [0.15, 0.2) is 6.10 Å². The van der Waals surface area contributed by atoms with E-state index in [9.17, 15) is 0 Å². The summed E-state index contributed by atoms with van der Waals surface area (Å²) in [5, 5.41) is 8.80. The number of nitriles is 1. The van der Waals surface area contributed by atoms with E-state index < -0.39 is 0 Å². The van der Waals surface area contributed by atoms with Crippen molar-refractivity contribution in [1.29, 1.82) is 5.26 Å². The van der Waals surface area contributed by atoms with Gasteiger partial charge in [-0.3, -0.25) is 4.90 Å². The summed E-state index contributed by atoms with van der Waals surface area (Å²) in [5.41, 5.74) is 0. The second-order valence-corrected chi connectivity index (χ2v) is 4.30. The lowest BCUT2D eigenvalue weighted by atomic mass is 10.3. The molecule has 1 fully saturated rings. The Hall–Kier alpha value is -1.57. The lowest BCUT2D eigenvalue weighted by Crippen LogP contribution is -2.42. The molecular formula is C14H18N2O2. The smallest absolute Gasteiger partial charge is 0.156 e. The van der Waals surface area contributed by atoms with E-state index in [2.05, 4.69) is 11.0 Å². The number of nitrogens with zero attached hydrogens (tertiary/aromatic N) is 2. The maximum atomic E-state index is 8.80. The summed E-state index contributed by atoms with van der Waals surface area (Å²) in [4.78, 5) is 2.26. The van der Waals surface area contributed by atoms with Crippen molar-refractivity contribution in [2.24, 2.45) is 0 Å². The lowest BCUT2D eigenvalue weighted by molar-refractivity contribution is -0.000844. The number of rotatable bonds is 5. The number of benzene rings is 1. The zero-order valence-corrected chi connectivity index (χ0v) is 10.4. The third kappa shape index (κ3) is 4.02. The normalized spacial score (nSPS) is 20.3. The van der Waals surface area contributed by atoms with Crippen LogP contribution in [0.4, 0.5) is 0 Å². The molecule has 0 bridgehead atoms. The van der Waals surface area contributed by atoms with Crippen LogP contribution in [-0.4, -0.2) is 43.9 Å². The molecular weight excluding hydrogens is 228 g/mol. The van der Waals surface area contributed by atoms with Crippen LogP contribution in [0.15, 0.2) is 30.3 Å². The van der Waals surface area contributed by atoms with E-state index in [1.165, 1.54) is 0 Å². The van der Waals surface area contributed by atoms with Crippen LogP contribution >= 0.6 is 0 Å². The molecule has 4 nitrogen and oxygen atoms in total. The van der Waals surface area contributed by atoms with Gasteiger partial charge >= 0.3 is 0 Å². The van der Waals surface area contributed by atoms with Crippen LogP contribution in [-0.2, 0) is 4.74 Å². The highest BCUT2D eigenvalue weighted by atomic mass is 16.5.